The van der Waals surface area contributed by atoms with Gasteiger partial charge in [-0.05, 0) is 32.2 Å². The van der Waals surface area contributed by atoms with Gasteiger partial charge in [0.25, 0.3) is 5.91 Å². The molecular formula is C16H25N3O3. The van der Waals surface area contributed by atoms with Gasteiger partial charge in [-0.2, -0.15) is 0 Å². The molecule has 22 heavy (non-hydrogen) atoms. The molecule has 1 atom stereocenters. The second kappa shape index (κ2) is 8.10. The molecule has 1 aromatic rings. The Morgan fingerprint density at radius 2 is 2.32 bits per heavy atom. The summed E-state index contributed by atoms with van der Waals surface area (Å²) in [6.07, 6.45) is 2.14. The lowest BCUT2D eigenvalue weighted by Gasteiger charge is -2.16. The molecule has 1 aromatic heterocycles. The van der Waals surface area contributed by atoms with Gasteiger partial charge in [-0.15, -0.1) is 0 Å². The van der Waals surface area contributed by atoms with Gasteiger partial charge in [0.05, 0.1) is 0 Å². The van der Waals surface area contributed by atoms with E-state index in [9.17, 15) is 9.59 Å². The van der Waals surface area contributed by atoms with Crippen LogP contribution in [0.5, 0.6) is 0 Å². The highest BCUT2D eigenvalue weighted by molar-refractivity contribution is 5.92. The maximum absolute atomic E-state index is 12.1. The summed E-state index contributed by atoms with van der Waals surface area (Å²) in [4.78, 5) is 28.9. The third kappa shape index (κ3) is 4.96. The molecule has 0 aromatic carbocycles. The van der Waals surface area contributed by atoms with Crippen LogP contribution >= 0.6 is 0 Å². The Morgan fingerprint density at radius 3 is 3.05 bits per heavy atom. The topological polar surface area (TPSA) is 74.4 Å². The van der Waals surface area contributed by atoms with E-state index >= 15 is 0 Å². The van der Waals surface area contributed by atoms with Crippen LogP contribution in [0.1, 0.15) is 29.0 Å². The molecular weight excluding hydrogens is 282 g/mol. The number of methoxy groups -OCH3 is 1. The van der Waals surface area contributed by atoms with Gasteiger partial charge >= 0.3 is 0 Å². The minimum Gasteiger partial charge on any atom is -0.385 e. The van der Waals surface area contributed by atoms with E-state index in [1.807, 2.05) is 0 Å². The Hall–Kier alpha value is -1.66. The Labute approximate surface area is 130 Å². The fourth-order valence-corrected chi connectivity index (χ4v) is 2.85. The number of rotatable bonds is 7. The number of aromatic nitrogens is 1. The molecule has 2 heterocycles. The van der Waals surface area contributed by atoms with Gasteiger partial charge in [-0.25, -0.2) is 0 Å². The van der Waals surface area contributed by atoms with Crippen molar-refractivity contribution in [2.75, 3.05) is 39.9 Å². The number of H-pyrrole nitrogens is 1. The van der Waals surface area contributed by atoms with Crippen LogP contribution in [-0.4, -0.2) is 55.7 Å². The van der Waals surface area contributed by atoms with Crippen molar-refractivity contribution in [3.8, 4) is 0 Å². The lowest BCUT2D eigenvalue weighted by Crippen LogP contribution is -2.32. The maximum atomic E-state index is 12.1. The van der Waals surface area contributed by atoms with Gasteiger partial charge in [0.1, 0.15) is 5.69 Å². The number of likely N-dealkylation sites (tertiary alicyclic amines) is 1. The first-order chi connectivity index (χ1) is 10.6. The van der Waals surface area contributed by atoms with E-state index < -0.39 is 0 Å². The zero-order valence-electron chi connectivity index (χ0n) is 13.4. The highest BCUT2D eigenvalue weighted by Gasteiger charge is 2.22. The Morgan fingerprint density at radius 1 is 1.50 bits per heavy atom. The summed E-state index contributed by atoms with van der Waals surface area (Å²) in [6, 6.07) is 2.82. The number of carbonyl (C=O) groups is 1. The predicted octanol–water partition coefficient (Wildman–Crippen LogP) is 0.772. The van der Waals surface area contributed by atoms with Gasteiger partial charge in [-0.3, -0.25) is 9.59 Å². The van der Waals surface area contributed by atoms with Crippen LogP contribution in [-0.2, 0) is 4.74 Å². The molecule has 6 heteroatoms. The molecule has 0 saturated carbocycles. The van der Waals surface area contributed by atoms with Crippen LogP contribution in [0.2, 0.25) is 0 Å². The first-order valence-corrected chi connectivity index (χ1v) is 7.79. The molecule has 1 saturated heterocycles. The van der Waals surface area contributed by atoms with Crippen LogP contribution < -0.4 is 10.7 Å². The van der Waals surface area contributed by atoms with Gasteiger partial charge < -0.3 is 19.9 Å². The number of hydrogen-bond donors (Lipinski definition) is 2. The number of amides is 1. The minimum atomic E-state index is -0.210. The maximum Gasteiger partial charge on any atom is 0.267 e. The summed E-state index contributed by atoms with van der Waals surface area (Å²) in [7, 11) is 1.72. The van der Waals surface area contributed by atoms with Crippen LogP contribution in [0, 0.1) is 12.8 Å². The average Bonchev–Trinajstić information content (AvgIpc) is 2.92. The van der Waals surface area contributed by atoms with E-state index in [0.717, 1.165) is 39.1 Å². The lowest BCUT2D eigenvalue weighted by molar-refractivity contribution is 0.0942. The molecule has 1 amide bonds. The number of aryl methyl sites for hydroxylation is 1. The van der Waals surface area contributed by atoms with E-state index in [1.54, 1.807) is 14.0 Å². The largest absolute Gasteiger partial charge is 0.385 e. The summed E-state index contributed by atoms with van der Waals surface area (Å²) >= 11 is 0. The van der Waals surface area contributed by atoms with Crippen LogP contribution in [0.25, 0.3) is 0 Å². The average molecular weight is 307 g/mol. The molecule has 1 aliphatic rings. The van der Waals surface area contributed by atoms with Crippen molar-refractivity contribution >= 4 is 5.91 Å². The number of nitrogens with zero attached hydrogens (tertiary/aromatic N) is 1. The third-order valence-corrected chi connectivity index (χ3v) is 3.97. The standard InChI is InChI=1S/C16H25N3O3/c1-12-8-14(20)9-15(18-12)16(21)17-10-13-4-6-19(11-13)5-3-7-22-2/h8-9,13H,3-7,10-11H2,1-2H3,(H,17,21)(H,18,20)/t13-/m0/s1. The number of ether oxygens (including phenoxy) is 1. The molecule has 122 valence electrons. The number of carbonyl (C=O) groups excluding carboxylic acids is 1. The highest BCUT2D eigenvalue weighted by Crippen LogP contribution is 2.15. The number of nitrogens with one attached hydrogen (secondary N) is 2. The van der Waals surface area contributed by atoms with E-state index in [0.29, 0.717) is 23.9 Å². The summed E-state index contributed by atoms with van der Waals surface area (Å²) in [5.74, 6) is 0.265. The second-order valence-electron chi connectivity index (χ2n) is 5.92. The highest BCUT2D eigenvalue weighted by atomic mass is 16.5. The quantitative estimate of drug-likeness (QED) is 0.730. The molecule has 0 spiro atoms. The molecule has 2 N–H and O–H groups in total. The van der Waals surface area contributed by atoms with E-state index in [1.165, 1.54) is 12.1 Å². The van der Waals surface area contributed by atoms with Crippen LogP contribution in [0.15, 0.2) is 16.9 Å². The predicted molar refractivity (Wildman–Crippen MR) is 85.2 cm³/mol. The normalized spacial score (nSPS) is 18.5. The van der Waals surface area contributed by atoms with Crippen molar-refractivity contribution < 1.29 is 9.53 Å². The van der Waals surface area contributed by atoms with E-state index in [2.05, 4.69) is 15.2 Å². The van der Waals surface area contributed by atoms with Crippen molar-refractivity contribution in [3.05, 3.63) is 33.7 Å². The van der Waals surface area contributed by atoms with Gasteiger partial charge in [0, 0.05) is 51.2 Å². The van der Waals surface area contributed by atoms with Crippen molar-refractivity contribution in [2.24, 2.45) is 5.92 Å². The van der Waals surface area contributed by atoms with Crippen LogP contribution in [0.4, 0.5) is 0 Å². The monoisotopic (exact) mass is 307 g/mol. The zero-order chi connectivity index (χ0) is 15.9. The molecule has 2 rings (SSSR count). The Balaban J connectivity index is 1.76. The molecule has 6 nitrogen and oxygen atoms in total. The molecule has 0 bridgehead atoms. The summed E-state index contributed by atoms with van der Waals surface area (Å²) in [6.45, 7) is 6.34. The first kappa shape index (κ1) is 16.7. The number of hydrogen-bond acceptors (Lipinski definition) is 4. The fraction of sp³-hybridized carbons (Fsp3) is 0.625. The Kier molecular flexibility index (Phi) is 6.15. The lowest BCUT2D eigenvalue weighted by atomic mass is 10.1. The summed E-state index contributed by atoms with van der Waals surface area (Å²) in [5.41, 5.74) is 0.884. The fourth-order valence-electron chi connectivity index (χ4n) is 2.85. The molecule has 0 radical (unpaired) electrons. The summed E-state index contributed by atoms with van der Waals surface area (Å²) in [5, 5.41) is 2.92. The molecule has 1 aliphatic heterocycles. The summed E-state index contributed by atoms with van der Waals surface area (Å²) < 4.78 is 5.06. The van der Waals surface area contributed by atoms with Gasteiger partial charge in [0.2, 0.25) is 0 Å². The first-order valence-electron chi connectivity index (χ1n) is 7.79. The zero-order valence-corrected chi connectivity index (χ0v) is 13.4. The second-order valence-corrected chi connectivity index (χ2v) is 5.92. The molecule has 0 unspecified atom stereocenters. The Bertz CT molecular complexity index is 556. The van der Waals surface area contributed by atoms with E-state index in [4.69, 9.17) is 4.74 Å². The van der Waals surface area contributed by atoms with Crippen molar-refractivity contribution in [1.82, 2.24) is 15.2 Å². The van der Waals surface area contributed by atoms with E-state index in [-0.39, 0.29) is 11.3 Å². The van der Waals surface area contributed by atoms with Crippen molar-refractivity contribution in [1.29, 1.82) is 0 Å². The van der Waals surface area contributed by atoms with Gasteiger partial charge in [0.15, 0.2) is 5.43 Å². The third-order valence-electron chi connectivity index (χ3n) is 3.97. The molecule has 0 aliphatic carbocycles. The van der Waals surface area contributed by atoms with Crippen LogP contribution in [0.3, 0.4) is 0 Å². The minimum absolute atomic E-state index is 0.147. The smallest absolute Gasteiger partial charge is 0.267 e. The number of aromatic amines is 1. The van der Waals surface area contributed by atoms with Gasteiger partial charge in [-0.1, -0.05) is 0 Å². The van der Waals surface area contributed by atoms with Crippen molar-refractivity contribution in [3.63, 3.8) is 0 Å². The molecule has 1 fully saturated rings. The van der Waals surface area contributed by atoms with Crippen molar-refractivity contribution in [2.45, 2.75) is 19.8 Å². The SMILES string of the molecule is COCCCN1CC[C@@H](CNC(=O)c2cc(=O)cc(C)[nH]2)C1. The number of pyridine rings is 1.